The zero-order valence-corrected chi connectivity index (χ0v) is 10.9. The number of anilines is 1. The van der Waals surface area contributed by atoms with Crippen molar-refractivity contribution in [2.45, 2.75) is 49.9 Å². The summed E-state index contributed by atoms with van der Waals surface area (Å²) in [5.74, 6) is -0.244. The van der Waals surface area contributed by atoms with E-state index in [4.69, 9.17) is 4.74 Å². The summed E-state index contributed by atoms with van der Waals surface area (Å²) in [7, 11) is 0. The number of benzene rings is 1. The van der Waals surface area contributed by atoms with Gasteiger partial charge in [0, 0.05) is 12.3 Å². The minimum Gasteiger partial charge on any atom is -0.385 e. The standard InChI is InChI=1S/C15H20FNO2/c16-11-4-6-12(7-5-11)17-13-8-10-19-14-3-1-2-9-15(13,14)18/h4-7,13-14,17-18H,1-3,8-10H2/t13-,14-,15+/m0/s1. The van der Waals surface area contributed by atoms with Gasteiger partial charge in [-0.05, 0) is 43.5 Å². The van der Waals surface area contributed by atoms with Crippen LogP contribution >= 0.6 is 0 Å². The quantitative estimate of drug-likeness (QED) is 0.864. The molecule has 1 aromatic rings. The molecule has 2 fully saturated rings. The largest absolute Gasteiger partial charge is 0.385 e. The fraction of sp³-hybridized carbons (Fsp3) is 0.600. The summed E-state index contributed by atoms with van der Waals surface area (Å²) >= 11 is 0. The highest BCUT2D eigenvalue weighted by atomic mass is 19.1. The molecule has 0 aromatic heterocycles. The Kier molecular flexibility index (Phi) is 3.46. The van der Waals surface area contributed by atoms with Crippen molar-refractivity contribution in [2.75, 3.05) is 11.9 Å². The van der Waals surface area contributed by atoms with E-state index in [-0.39, 0.29) is 18.0 Å². The van der Waals surface area contributed by atoms with Crippen molar-refractivity contribution in [3.8, 4) is 0 Å². The second-order valence-corrected chi connectivity index (χ2v) is 5.59. The van der Waals surface area contributed by atoms with Crippen LogP contribution in [0.5, 0.6) is 0 Å². The molecule has 1 aliphatic heterocycles. The highest BCUT2D eigenvalue weighted by Crippen LogP contribution is 2.38. The topological polar surface area (TPSA) is 41.5 Å². The van der Waals surface area contributed by atoms with Crippen LogP contribution in [-0.2, 0) is 4.74 Å². The average Bonchev–Trinajstić information content (AvgIpc) is 2.42. The minimum atomic E-state index is -0.787. The molecule has 0 bridgehead atoms. The van der Waals surface area contributed by atoms with E-state index < -0.39 is 5.60 Å². The first-order valence-electron chi connectivity index (χ1n) is 7.04. The maximum atomic E-state index is 12.9. The molecule has 4 heteroatoms. The van der Waals surface area contributed by atoms with Crippen molar-refractivity contribution in [2.24, 2.45) is 0 Å². The molecular weight excluding hydrogens is 245 g/mol. The highest BCUT2D eigenvalue weighted by molar-refractivity contribution is 5.44. The Morgan fingerprint density at radius 1 is 1.21 bits per heavy atom. The first-order chi connectivity index (χ1) is 9.18. The highest BCUT2D eigenvalue weighted by Gasteiger charge is 2.48. The summed E-state index contributed by atoms with van der Waals surface area (Å²) in [4.78, 5) is 0. The third-order valence-electron chi connectivity index (χ3n) is 4.37. The Labute approximate surface area is 112 Å². The molecule has 1 heterocycles. The molecule has 2 aliphatic rings. The summed E-state index contributed by atoms with van der Waals surface area (Å²) in [5.41, 5.74) is 0.0660. The lowest BCUT2D eigenvalue weighted by molar-refractivity contribution is -0.169. The third-order valence-corrected chi connectivity index (χ3v) is 4.37. The number of ether oxygens (including phenoxy) is 1. The smallest absolute Gasteiger partial charge is 0.123 e. The molecule has 1 aliphatic carbocycles. The maximum absolute atomic E-state index is 12.9. The predicted octanol–water partition coefficient (Wildman–Crippen LogP) is 2.70. The number of nitrogens with one attached hydrogen (secondary N) is 1. The van der Waals surface area contributed by atoms with Crippen molar-refractivity contribution >= 4 is 5.69 Å². The van der Waals surface area contributed by atoms with Crippen molar-refractivity contribution in [3.05, 3.63) is 30.1 Å². The van der Waals surface area contributed by atoms with Gasteiger partial charge in [0.2, 0.25) is 0 Å². The minimum absolute atomic E-state index is 0.0167. The third kappa shape index (κ3) is 2.47. The van der Waals surface area contributed by atoms with Crippen molar-refractivity contribution < 1.29 is 14.2 Å². The van der Waals surface area contributed by atoms with Gasteiger partial charge in [-0.15, -0.1) is 0 Å². The number of hydrogen-bond donors (Lipinski definition) is 2. The predicted molar refractivity (Wildman–Crippen MR) is 71.6 cm³/mol. The molecule has 104 valence electrons. The van der Waals surface area contributed by atoms with Gasteiger partial charge in [0.1, 0.15) is 11.4 Å². The Balaban J connectivity index is 1.77. The van der Waals surface area contributed by atoms with E-state index in [1.165, 1.54) is 12.1 Å². The summed E-state index contributed by atoms with van der Waals surface area (Å²) < 4.78 is 18.6. The van der Waals surface area contributed by atoms with Crippen LogP contribution < -0.4 is 5.32 Å². The molecule has 1 saturated carbocycles. The van der Waals surface area contributed by atoms with Gasteiger partial charge >= 0.3 is 0 Å². The maximum Gasteiger partial charge on any atom is 0.123 e. The second-order valence-electron chi connectivity index (χ2n) is 5.59. The van der Waals surface area contributed by atoms with E-state index in [1.54, 1.807) is 12.1 Å². The molecule has 0 amide bonds. The summed E-state index contributed by atoms with van der Waals surface area (Å²) in [5, 5.41) is 14.3. The van der Waals surface area contributed by atoms with Crippen molar-refractivity contribution in [1.82, 2.24) is 0 Å². The lowest BCUT2D eigenvalue weighted by Gasteiger charge is -2.48. The van der Waals surface area contributed by atoms with Gasteiger partial charge in [0.25, 0.3) is 0 Å². The fourth-order valence-electron chi connectivity index (χ4n) is 3.30. The van der Waals surface area contributed by atoms with E-state index in [1.807, 2.05) is 0 Å². The lowest BCUT2D eigenvalue weighted by atomic mass is 9.74. The number of rotatable bonds is 2. The Morgan fingerprint density at radius 3 is 2.79 bits per heavy atom. The summed E-state index contributed by atoms with van der Waals surface area (Å²) in [6.07, 6.45) is 4.58. The van der Waals surface area contributed by atoms with Crippen LogP contribution in [-0.4, -0.2) is 29.5 Å². The number of hydrogen-bond acceptors (Lipinski definition) is 3. The van der Waals surface area contributed by atoms with Gasteiger partial charge in [0.15, 0.2) is 0 Å². The fourth-order valence-corrected chi connectivity index (χ4v) is 3.30. The molecule has 3 rings (SSSR count). The Morgan fingerprint density at radius 2 is 2.00 bits per heavy atom. The number of aliphatic hydroxyl groups is 1. The van der Waals surface area contributed by atoms with Crippen LogP contribution in [0, 0.1) is 5.82 Å². The van der Waals surface area contributed by atoms with Gasteiger partial charge in [-0.2, -0.15) is 0 Å². The lowest BCUT2D eigenvalue weighted by Crippen LogP contribution is -2.61. The van der Waals surface area contributed by atoms with Gasteiger partial charge in [-0.1, -0.05) is 12.8 Å². The van der Waals surface area contributed by atoms with Crippen LogP contribution in [0.15, 0.2) is 24.3 Å². The zero-order chi connectivity index (χ0) is 13.3. The average molecular weight is 265 g/mol. The number of halogens is 1. The number of fused-ring (bicyclic) bond motifs is 1. The monoisotopic (exact) mass is 265 g/mol. The molecule has 1 saturated heterocycles. The van der Waals surface area contributed by atoms with E-state index in [0.717, 1.165) is 37.8 Å². The van der Waals surface area contributed by atoms with Gasteiger partial charge in [-0.3, -0.25) is 0 Å². The SMILES string of the molecule is O[C@@]12CCCC[C@@H]1OCC[C@@H]2Nc1ccc(F)cc1. The molecule has 19 heavy (non-hydrogen) atoms. The van der Waals surface area contributed by atoms with E-state index in [0.29, 0.717) is 6.61 Å². The Hall–Kier alpha value is -1.13. The van der Waals surface area contributed by atoms with E-state index in [9.17, 15) is 9.50 Å². The zero-order valence-electron chi connectivity index (χ0n) is 10.9. The molecule has 0 unspecified atom stereocenters. The molecule has 3 atom stereocenters. The second kappa shape index (κ2) is 5.10. The molecule has 3 nitrogen and oxygen atoms in total. The summed E-state index contributed by atoms with van der Waals surface area (Å²) in [6.45, 7) is 0.672. The Bertz CT molecular complexity index is 434. The van der Waals surface area contributed by atoms with Crippen LogP contribution in [0.4, 0.5) is 10.1 Å². The van der Waals surface area contributed by atoms with Crippen LogP contribution in [0.2, 0.25) is 0 Å². The van der Waals surface area contributed by atoms with E-state index in [2.05, 4.69) is 5.32 Å². The van der Waals surface area contributed by atoms with Gasteiger partial charge < -0.3 is 15.2 Å². The molecular formula is C15H20FNO2. The van der Waals surface area contributed by atoms with E-state index >= 15 is 0 Å². The first kappa shape index (κ1) is 12.9. The summed E-state index contributed by atoms with van der Waals surface area (Å²) in [6, 6.07) is 6.28. The van der Waals surface area contributed by atoms with Gasteiger partial charge in [0.05, 0.1) is 12.1 Å². The molecule has 2 N–H and O–H groups in total. The van der Waals surface area contributed by atoms with Crippen LogP contribution in [0.3, 0.4) is 0 Å². The van der Waals surface area contributed by atoms with Crippen molar-refractivity contribution in [1.29, 1.82) is 0 Å². The first-order valence-corrected chi connectivity index (χ1v) is 7.04. The van der Waals surface area contributed by atoms with Crippen LogP contribution in [0.25, 0.3) is 0 Å². The van der Waals surface area contributed by atoms with Crippen molar-refractivity contribution in [3.63, 3.8) is 0 Å². The molecule has 1 aromatic carbocycles. The molecule has 0 radical (unpaired) electrons. The van der Waals surface area contributed by atoms with Gasteiger partial charge in [-0.25, -0.2) is 4.39 Å². The normalized spacial score (nSPS) is 34.6. The van der Waals surface area contributed by atoms with Crippen LogP contribution in [0.1, 0.15) is 32.1 Å². The molecule has 0 spiro atoms.